The Balaban J connectivity index is 2.38. The lowest BCUT2D eigenvalue weighted by atomic mass is 10.1. The molecule has 0 aliphatic carbocycles. The second-order valence-electron chi connectivity index (χ2n) is 4.16. The molecule has 92 valence electrons. The van der Waals surface area contributed by atoms with Crippen molar-refractivity contribution < 1.29 is 14.7 Å². The molecule has 0 aromatic carbocycles. The largest absolute Gasteiger partial charge is 0.481 e. The summed E-state index contributed by atoms with van der Waals surface area (Å²) in [5, 5.41) is 11.8. The molecule has 1 rings (SSSR count). The van der Waals surface area contributed by atoms with Crippen molar-refractivity contribution in [2.75, 3.05) is 19.6 Å². The standard InChI is InChI=1S/C11H20N2O3/c1-2-5-12-8-10(14)13-6-3-4-9(13)7-11(15)16/h9,12H,2-8H2,1H3,(H,15,16). The second kappa shape index (κ2) is 6.48. The molecule has 5 nitrogen and oxygen atoms in total. The second-order valence-corrected chi connectivity index (χ2v) is 4.16. The van der Waals surface area contributed by atoms with Gasteiger partial charge >= 0.3 is 5.97 Å². The van der Waals surface area contributed by atoms with Crippen molar-refractivity contribution in [2.45, 2.75) is 38.6 Å². The van der Waals surface area contributed by atoms with Gasteiger partial charge in [-0.15, -0.1) is 0 Å². The van der Waals surface area contributed by atoms with E-state index in [1.807, 2.05) is 6.92 Å². The van der Waals surface area contributed by atoms with Crippen molar-refractivity contribution in [3.8, 4) is 0 Å². The molecule has 1 saturated heterocycles. The lowest BCUT2D eigenvalue weighted by Crippen LogP contribution is -2.42. The first kappa shape index (κ1) is 13.0. The van der Waals surface area contributed by atoms with Crippen LogP contribution in [0, 0.1) is 0 Å². The van der Waals surface area contributed by atoms with E-state index in [-0.39, 0.29) is 18.4 Å². The summed E-state index contributed by atoms with van der Waals surface area (Å²) < 4.78 is 0. The first-order valence-electron chi connectivity index (χ1n) is 5.87. The maximum atomic E-state index is 11.8. The van der Waals surface area contributed by atoms with E-state index in [4.69, 9.17) is 5.11 Å². The Bertz CT molecular complexity index is 256. The predicted octanol–water partition coefficient (Wildman–Crippen LogP) is 0.452. The fourth-order valence-corrected chi connectivity index (χ4v) is 2.05. The Morgan fingerprint density at radius 3 is 2.88 bits per heavy atom. The van der Waals surface area contributed by atoms with Gasteiger partial charge in [0.2, 0.25) is 5.91 Å². The number of nitrogens with zero attached hydrogens (tertiary/aromatic N) is 1. The van der Waals surface area contributed by atoms with Gasteiger partial charge in [0.15, 0.2) is 0 Å². The van der Waals surface area contributed by atoms with Crippen LogP contribution in [0.5, 0.6) is 0 Å². The third-order valence-electron chi connectivity index (χ3n) is 2.81. The Morgan fingerprint density at radius 2 is 2.25 bits per heavy atom. The summed E-state index contributed by atoms with van der Waals surface area (Å²) in [6.07, 6.45) is 2.79. The lowest BCUT2D eigenvalue weighted by molar-refractivity contribution is -0.139. The van der Waals surface area contributed by atoms with Gasteiger partial charge in [0.25, 0.3) is 0 Å². The number of likely N-dealkylation sites (tertiary alicyclic amines) is 1. The van der Waals surface area contributed by atoms with Gasteiger partial charge in [-0.1, -0.05) is 6.92 Å². The molecular weight excluding hydrogens is 208 g/mol. The SMILES string of the molecule is CCCNCC(=O)N1CCCC1CC(=O)O. The zero-order chi connectivity index (χ0) is 12.0. The Morgan fingerprint density at radius 1 is 1.50 bits per heavy atom. The van der Waals surface area contributed by atoms with Crippen LogP contribution in [0.4, 0.5) is 0 Å². The molecule has 0 aromatic heterocycles. The number of hydrogen-bond acceptors (Lipinski definition) is 3. The van der Waals surface area contributed by atoms with Gasteiger partial charge in [-0.05, 0) is 25.8 Å². The van der Waals surface area contributed by atoms with Crippen LogP contribution < -0.4 is 5.32 Å². The van der Waals surface area contributed by atoms with E-state index >= 15 is 0 Å². The third kappa shape index (κ3) is 3.81. The van der Waals surface area contributed by atoms with Crippen LogP contribution in [-0.2, 0) is 9.59 Å². The van der Waals surface area contributed by atoms with Crippen LogP contribution in [0.15, 0.2) is 0 Å². The molecule has 1 fully saturated rings. The van der Waals surface area contributed by atoms with Crippen molar-refractivity contribution in [3.05, 3.63) is 0 Å². The summed E-state index contributed by atoms with van der Waals surface area (Å²) in [7, 11) is 0. The zero-order valence-corrected chi connectivity index (χ0v) is 9.74. The van der Waals surface area contributed by atoms with Crippen molar-refractivity contribution in [1.82, 2.24) is 10.2 Å². The molecule has 0 bridgehead atoms. The van der Waals surface area contributed by atoms with Gasteiger partial charge in [0.05, 0.1) is 13.0 Å². The molecule has 0 spiro atoms. The number of amides is 1. The molecule has 2 N–H and O–H groups in total. The minimum Gasteiger partial charge on any atom is -0.481 e. The van der Waals surface area contributed by atoms with E-state index in [9.17, 15) is 9.59 Å². The van der Waals surface area contributed by atoms with Crippen molar-refractivity contribution >= 4 is 11.9 Å². The quantitative estimate of drug-likeness (QED) is 0.648. The summed E-state index contributed by atoms with van der Waals surface area (Å²) in [6.45, 7) is 3.89. The van der Waals surface area contributed by atoms with E-state index in [1.54, 1.807) is 4.90 Å². The smallest absolute Gasteiger partial charge is 0.305 e. The molecule has 5 heteroatoms. The van der Waals surface area contributed by atoms with E-state index in [0.717, 1.165) is 25.8 Å². The first-order valence-corrected chi connectivity index (χ1v) is 5.87. The molecule has 1 atom stereocenters. The van der Waals surface area contributed by atoms with Crippen LogP contribution in [0.3, 0.4) is 0 Å². The van der Waals surface area contributed by atoms with E-state index in [2.05, 4.69) is 5.32 Å². The summed E-state index contributed by atoms with van der Waals surface area (Å²) in [5.74, 6) is -0.802. The molecule has 0 aromatic rings. The van der Waals surface area contributed by atoms with E-state index in [1.165, 1.54) is 0 Å². The number of nitrogens with one attached hydrogen (secondary N) is 1. The van der Waals surface area contributed by atoms with Crippen LogP contribution >= 0.6 is 0 Å². The lowest BCUT2D eigenvalue weighted by Gasteiger charge is -2.23. The van der Waals surface area contributed by atoms with Gasteiger partial charge in [0.1, 0.15) is 0 Å². The predicted molar refractivity (Wildman–Crippen MR) is 60.1 cm³/mol. The van der Waals surface area contributed by atoms with Crippen molar-refractivity contribution in [3.63, 3.8) is 0 Å². The van der Waals surface area contributed by atoms with E-state index in [0.29, 0.717) is 13.1 Å². The van der Waals surface area contributed by atoms with Gasteiger partial charge in [-0.3, -0.25) is 9.59 Å². The molecule has 1 unspecified atom stereocenters. The highest BCUT2D eigenvalue weighted by Gasteiger charge is 2.29. The Hall–Kier alpha value is -1.10. The zero-order valence-electron chi connectivity index (χ0n) is 9.74. The summed E-state index contributed by atoms with van der Waals surface area (Å²) in [5.41, 5.74) is 0. The number of hydrogen-bond donors (Lipinski definition) is 2. The number of carboxylic acid groups (broad SMARTS) is 1. The van der Waals surface area contributed by atoms with Crippen LogP contribution in [0.1, 0.15) is 32.6 Å². The number of rotatable bonds is 6. The fraction of sp³-hybridized carbons (Fsp3) is 0.818. The monoisotopic (exact) mass is 228 g/mol. The average molecular weight is 228 g/mol. The van der Waals surface area contributed by atoms with Crippen LogP contribution in [-0.4, -0.2) is 47.6 Å². The van der Waals surface area contributed by atoms with Crippen molar-refractivity contribution in [1.29, 1.82) is 0 Å². The Labute approximate surface area is 95.8 Å². The molecular formula is C11H20N2O3. The minimum absolute atomic E-state index is 0.0252. The molecule has 1 aliphatic rings. The van der Waals surface area contributed by atoms with Crippen molar-refractivity contribution in [2.24, 2.45) is 0 Å². The molecule has 0 saturated carbocycles. The normalized spacial score (nSPS) is 20.1. The maximum Gasteiger partial charge on any atom is 0.305 e. The van der Waals surface area contributed by atoms with Gasteiger partial charge in [-0.2, -0.15) is 0 Å². The van der Waals surface area contributed by atoms with Crippen LogP contribution in [0.25, 0.3) is 0 Å². The van der Waals surface area contributed by atoms with E-state index < -0.39 is 5.97 Å². The number of carbonyl (C=O) groups is 2. The minimum atomic E-state index is -0.828. The Kier molecular flexibility index (Phi) is 5.25. The number of aliphatic carboxylic acids is 1. The third-order valence-corrected chi connectivity index (χ3v) is 2.81. The number of carboxylic acids is 1. The molecule has 16 heavy (non-hydrogen) atoms. The van der Waals surface area contributed by atoms with Gasteiger partial charge < -0.3 is 15.3 Å². The van der Waals surface area contributed by atoms with Crippen LogP contribution in [0.2, 0.25) is 0 Å². The first-order chi connectivity index (χ1) is 7.65. The van der Waals surface area contributed by atoms with Gasteiger partial charge in [0, 0.05) is 12.6 Å². The fourth-order valence-electron chi connectivity index (χ4n) is 2.05. The van der Waals surface area contributed by atoms with Gasteiger partial charge in [-0.25, -0.2) is 0 Å². The molecule has 0 radical (unpaired) electrons. The molecule has 1 heterocycles. The summed E-state index contributed by atoms with van der Waals surface area (Å²) >= 11 is 0. The molecule has 1 amide bonds. The highest BCUT2D eigenvalue weighted by molar-refractivity contribution is 5.79. The summed E-state index contributed by atoms with van der Waals surface area (Å²) in [4.78, 5) is 24.1. The average Bonchev–Trinajstić information content (AvgIpc) is 2.65. The summed E-state index contributed by atoms with van der Waals surface area (Å²) in [6, 6.07) is -0.103. The topological polar surface area (TPSA) is 69.6 Å². The maximum absolute atomic E-state index is 11.8. The highest BCUT2D eigenvalue weighted by Crippen LogP contribution is 2.19. The number of carbonyl (C=O) groups excluding carboxylic acids is 1. The highest BCUT2D eigenvalue weighted by atomic mass is 16.4. The molecule has 1 aliphatic heterocycles.